The van der Waals surface area contributed by atoms with Crippen molar-refractivity contribution in [3.8, 4) is 0 Å². The lowest BCUT2D eigenvalue weighted by Gasteiger charge is -2.29. The van der Waals surface area contributed by atoms with Gasteiger partial charge < -0.3 is 5.73 Å². The third-order valence-corrected chi connectivity index (χ3v) is 3.68. The number of rotatable bonds is 4. The van der Waals surface area contributed by atoms with Gasteiger partial charge >= 0.3 is 0 Å². The minimum Gasteiger partial charge on any atom is -0.321 e. The Morgan fingerprint density at radius 1 is 1.16 bits per heavy atom. The molecule has 0 aromatic heterocycles. The lowest BCUT2D eigenvalue weighted by atomic mass is 9.82. The zero-order valence-corrected chi connectivity index (χ0v) is 11.6. The highest BCUT2D eigenvalue weighted by molar-refractivity contribution is 6.30. The molecule has 0 fully saturated rings. The van der Waals surface area contributed by atoms with E-state index in [-0.39, 0.29) is 5.82 Å². The average molecular weight is 278 g/mol. The van der Waals surface area contributed by atoms with Crippen LogP contribution in [0.1, 0.15) is 24.5 Å². The van der Waals surface area contributed by atoms with E-state index in [4.69, 9.17) is 17.3 Å². The summed E-state index contributed by atoms with van der Waals surface area (Å²) < 4.78 is 13.9. The van der Waals surface area contributed by atoms with E-state index in [2.05, 4.69) is 0 Å². The van der Waals surface area contributed by atoms with Gasteiger partial charge in [0.25, 0.3) is 0 Å². The molecule has 19 heavy (non-hydrogen) atoms. The van der Waals surface area contributed by atoms with Crippen molar-refractivity contribution in [1.82, 2.24) is 0 Å². The standard InChI is InChI=1S/C16H17ClFN/c1-2-16(19,14-8-3-4-9-15(14)18)11-12-6-5-7-13(17)10-12/h3-10H,2,11,19H2,1H3. The van der Waals surface area contributed by atoms with Gasteiger partial charge in [-0.15, -0.1) is 0 Å². The first-order valence-electron chi connectivity index (χ1n) is 6.33. The second-order valence-corrected chi connectivity index (χ2v) is 5.23. The minimum atomic E-state index is -0.712. The van der Waals surface area contributed by atoms with E-state index in [1.54, 1.807) is 12.1 Å². The topological polar surface area (TPSA) is 26.0 Å². The lowest BCUT2D eigenvalue weighted by molar-refractivity contribution is 0.403. The van der Waals surface area contributed by atoms with Crippen LogP contribution in [-0.2, 0) is 12.0 Å². The summed E-state index contributed by atoms with van der Waals surface area (Å²) in [5.74, 6) is -0.256. The molecule has 0 amide bonds. The third-order valence-electron chi connectivity index (χ3n) is 3.45. The summed E-state index contributed by atoms with van der Waals surface area (Å²) in [6, 6.07) is 14.2. The van der Waals surface area contributed by atoms with Crippen LogP contribution in [0, 0.1) is 5.82 Å². The van der Waals surface area contributed by atoms with E-state index < -0.39 is 5.54 Å². The van der Waals surface area contributed by atoms with Crippen molar-refractivity contribution < 1.29 is 4.39 Å². The van der Waals surface area contributed by atoms with Crippen molar-refractivity contribution in [2.75, 3.05) is 0 Å². The summed E-state index contributed by atoms with van der Waals surface area (Å²) in [5, 5.41) is 0.671. The van der Waals surface area contributed by atoms with Crippen LogP contribution in [0.4, 0.5) is 4.39 Å². The summed E-state index contributed by atoms with van der Waals surface area (Å²) >= 11 is 5.98. The van der Waals surface area contributed by atoms with Crippen LogP contribution in [0.3, 0.4) is 0 Å². The van der Waals surface area contributed by atoms with E-state index in [0.717, 1.165) is 5.56 Å². The maximum absolute atomic E-state index is 13.9. The fraction of sp³-hybridized carbons (Fsp3) is 0.250. The Hall–Kier alpha value is -1.38. The van der Waals surface area contributed by atoms with Crippen molar-refractivity contribution in [3.05, 3.63) is 70.5 Å². The predicted octanol–water partition coefficient (Wildman–Crippen LogP) is 4.29. The fourth-order valence-corrected chi connectivity index (χ4v) is 2.50. The van der Waals surface area contributed by atoms with Crippen molar-refractivity contribution in [2.45, 2.75) is 25.3 Å². The van der Waals surface area contributed by atoms with Crippen LogP contribution in [0.5, 0.6) is 0 Å². The summed E-state index contributed by atoms with van der Waals surface area (Å²) in [4.78, 5) is 0. The molecule has 0 radical (unpaired) electrons. The molecule has 2 aromatic carbocycles. The highest BCUT2D eigenvalue weighted by Crippen LogP contribution is 2.29. The first-order chi connectivity index (χ1) is 9.05. The molecule has 0 bridgehead atoms. The first-order valence-corrected chi connectivity index (χ1v) is 6.71. The van der Waals surface area contributed by atoms with Gasteiger partial charge in [-0.1, -0.05) is 48.9 Å². The van der Waals surface area contributed by atoms with Gasteiger partial charge in [0.05, 0.1) is 0 Å². The molecule has 0 aliphatic heterocycles. The van der Waals surface area contributed by atoms with Crippen LogP contribution in [0.25, 0.3) is 0 Å². The van der Waals surface area contributed by atoms with Crippen LogP contribution in [0.15, 0.2) is 48.5 Å². The van der Waals surface area contributed by atoms with Crippen molar-refractivity contribution in [1.29, 1.82) is 0 Å². The Bertz CT molecular complexity index is 570. The molecule has 3 heteroatoms. The van der Waals surface area contributed by atoms with Gasteiger partial charge in [0.2, 0.25) is 0 Å². The quantitative estimate of drug-likeness (QED) is 0.887. The zero-order valence-electron chi connectivity index (χ0n) is 10.9. The summed E-state index contributed by atoms with van der Waals surface area (Å²) in [7, 11) is 0. The van der Waals surface area contributed by atoms with Crippen LogP contribution in [0.2, 0.25) is 5.02 Å². The molecule has 2 aromatic rings. The van der Waals surface area contributed by atoms with Gasteiger partial charge in [0.1, 0.15) is 5.82 Å². The molecule has 0 heterocycles. The van der Waals surface area contributed by atoms with E-state index in [1.165, 1.54) is 6.07 Å². The normalized spacial score (nSPS) is 14.1. The Morgan fingerprint density at radius 3 is 2.53 bits per heavy atom. The second-order valence-electron chi connectivity index (χ2n) is 4.80. The van der Waals surface area contributed by atoms with E-state index >= 15 is 0 Å². The number of hydrogen-bond acceptors (Lipinski definition) is 1. The first kappa shape index (κ1) is 14.0. The second kappa shape index (κ2) is 5.72. The van der Waals surface area contributed by atoms with Gasteiger partial charge in [0.15, 0.2) is 0 Å². The summed E-state index contributed by atoms with van der Waals surface area (Å²) in [6.07, 6.45) is 1.21. The van der Waals surface area contributed by atoms with Crippen LogP contribution >= 0.6 is 11.6 Å². The van der Waals surface area contributed by atoms with Gasteiger partial charge in [0, 0.05) is 16.1 Å². The summed E-state index contributed by atoms with van der Waals surface area (Å²) in [6.45, 7) is 1.97. The number of nitrogens with two attached hydrogens (primary N) is 1. The highest BCUT2D eigenvalue weighted by Gasteiger charge is 2.28. The van der Waals surface area contributed by atoms with Crippen molar-refractivity contribution >= 4 is 11.6 Å². The maximum atomic E-state index is 13.9. The van der Waals surface area contributed by atoms with E-state index in [9.17, 15) is 4.39 Å². The SMILES string of the molecule is CCC(N)(Cc1cccc(Cl)c1)c1ccccc1F. The maximum Gasteiger partial charge on any atom is 0.128 e. The lowest BCUT2D eigenvalue weighted by Crippen LogP contribution is -2.39. The minimum absolute atomic E-state index is 0.256. The third kappa shape index (κ3) is 3.14. The summed E-state index contributed by atoms with van der Waals surface area (Å²) in [5.41, 5.74) is 7.27. The van der Waals surface area contributed by atoms with E-state index in [1.807, 2.05) is 37.3 Å². The Kier molecular flexibility index (Phi) is 4.23. The molecule has 2 N–H and O–H groups in total. The Morgan fingerprint density at radius 2 is 1.89 bits per heavy atom. The zero-order chi connectivity index (χ0) is 13.9. The molecule has 0 aliphatic carbocycles. The highest BCUT2D eigenvalue weighted by atomic mass is 35.5. The Labute approximate surface area is 118 Å². The molecule has 0 aliphatic rings. The molecule has 1 atom stereocenters. The van der Waals surface area contributed by atoms with Gasteiger partial charge in [-0.25, -0.2) is 4.39 Å². The molecule has 1 unspecified atom stereocenters. The number of benzene rings is 2. The van der Waals surface area contributed by atoms with Gasteiger partial charge in [-0.05, 0) is 36.6 Å². The average Bonchev–Trinajstić information content (AvgIpc) is 2.39. The molecular weight excluding hydrogens is 261 g/mol. The largest absolute Gasteiger partial charge is 0.321 e. The van der Waals surface area contributed by atoms with Crippen molar-refractivity contribution in [3.63, 3.8) is 0 Å². The molecule has 0 spiro atoms. The fourth-order valence-electron chi connectivity index (χ4n) is 2.29. The van der Waals surface area contributed by atoms with Gasteiger partial charge in [-0.2, -0.15) is 0 Å². The molecular formula is C16H17ClFN. The molecule has 2 rings (SSSR count). The smallest absolute Gasteiger partial charge is 0.128 e. The predicted molar refractivity (Wildman–Crippen MR) is 77.7 cm³/mol. The Balaban J connectivity index is 2.36. The molecule has 100 valence electrons. The van der Waals surface area contributed by atoms with E-state index in [0.29, 0.717) is 23.4 Å². The monoisotopic (exact) mass is 277 g/mol. The number of hydrogen-bond donors (Lipinski definition) is 1. The molecule has 1 nitrogen and oxygen atoms in total. The molecule has 0 saturated carbocycles. The van der Waals surface area contributed by atoms with Gasteiger partial charge in [-0.3, -0.25) is 0 Å². The van der Waals surface area contributed by atoms with Crippen LogP contribution in [-0.4, -0.2) is 0 Å². The van der Waals surface area contributed by atoms with Crippen LogP contribution < -0.4 is 5.73 Å². The number of halogens is 2. The van der Waals surface area contributed by atoms with Crippen molar-refractivity contribution in [2.24, 2.45) is 5.73 Å². The molecule has 0 saturated heterocycles.